The van der Waals surface area contributed by atoms with Crippen LogP contribution in [0.3, 0.4) is 0 Å². The molecule has 0 fully saturated rings. The van der Waals surface area contributed by atoms with Crippen molar-refractivity contribution in [2.75, 3.05) is 38.1 Å². The lowest BCUT2D eigenvalue weighted by molar-refractivity contribution is 0.746. The number of anilines is 1. The van der Waals surface area contributed by atoms with Crippen molar-refractivity contribution in [3.8, 4) is 0 Å². The van der Waals surface area contributed by atoms with E-state index >= 15 is 0 Å². The highest BCUT2D eigenvalue weighted by Crippen LogP contribution is 2.14. The first kappa shape index (κ1) is 19.8. The Labute approximate surface area is 157 Å². The number of likely N-dealkylation sites (N-methyl/N-ethyl adjacent to an activating group) is 1. The molecule has 1 heterocycles. The molecular weight excluding hydrogens is 322 g/mol. The molecule has 0 aliphatic carbocycles. The predicted octanol–water partition coefficient (Wildman–Crippen LogP) is 2.93. The van der Waals surface area contributed by atoms with E-state index in [-0.39, 0.29) is 0 Å². The SMILES string of the molecule is CCN(CCNC(=NC)NCCc1ccncc1C)c1cccc(C)c1. The number of pyridine rings is 1. The Kier molecular flexibility index (Phi) is 7.93. The van der Waals surface area contributed by atoms with Gasteiger partial charge in [0.25, 0.3) is 0 Å². The summed E-state index contributed by atoms with van der Waals surface area (Å²) in [7, 11) is 1.81. The molecule has 1 aromatic heterocycles. The summed E-state index contributed by atoms with van der Waals surface area (Å²) < 4.78 is 0. The Bertz CT molecular complexity index is 711. The van der Waals surface area contributed by atoms with Crippen LogP contribution in [0.1, 0.15) is 23.6 Å². The first-order chi connectivity index (χ1) is 12.6. The first-order valence-electron chi connectivity index (χ1n) is 9.29. The summed E-state index contributed by atoms with van der Waals surface area (Å²) in [5.74, 6) is 0.844. The van der Waals surface area contributed by atoms with Crippen LogP contribution in [0.5, 0.6) is 0 Å². The zero-order valence-electron chi connectivity index (χ0n) is 16.4. The number of guanidine groups is 1. The molecule has 5 heteroatoms. The smallest absolute Gasteiger partial charge is 0.191 e. The summed E-state index contributed by atoms with van der Waals surface area (Å²) in [5, 5.41) is 6.79. The third-order valence-corrected chi connectivity index (χ3v) is 4.47. The van der Waals surface area contributed by atoms with Gasteiger partial charge in [-0.25, -0.2) is 0 Å². The Balaban J connectivity index is 1.76. The molecule has 140 valence electrons. The molecule has 0 radical (unpaired) electrons. The van der Waals surface area contributed by atoms with Crippen molar-refractivity contribution in [3.05, 3.63) is 59.4 Å². The molecule has 0 saturated carbocycles. The average Bonchev–Trinajstić information content (AvgIpc) is 2.65. The van der Waals surface area contributed by atoms with Crippen molar-refractivity contribution in [3.63, 3.8) is 0 Å². The Morgan fingerprint density at radius 2 is 1.96 bits per heavy atom. The summed E-state index contributed by atoms with van der Waals surface area (Å²) in [6.07, 6.45) is 4.71. The number of aromatic nitrogens is 1. The molecule has 5 nitrogen and oxygen atoms in total. The normalized spacial score (nSPS) is 11.3. The number of benzene rings is 1. The average molecular weight is 354 g/mol. The molecule has 0 bridgehead atoms. The van der Waals surface area contributed by atoms with Gasteiger partial charge >= 0.3 is 0 Å². The van der Waals surface area contributed by atoms with E-state index < -0.39 is 0 Å². The molecule has 0 aliphatic rings. The van der Waals surface area contributed by atoms with Gasteiger partial charge in [-0.05, 0) is 62.1 Å². The number of hydrogen-bond donors (Lipinski definition) is 2. The van der Waals surface area contributed by atoms with Crippen LogP contribution in [0.15, 0.2) is 47.7 Å². The van der Waals surface area contributed by atoms with Gasteiger partial charge in [0.05, 0.1) is 0 Å². The van der Waals surface area contributed by atoms with E-state index in [4.69, 9.17) is 0 Å². The first-order valence-corrected chi connectivity index (χ1v) is 9.29. The molecule has 2 N–H and O–H groups in total. The van der Waals surface area contributed by atoms with Gasteiger partial charge in [0, 0.05) is 51.3 Å². The zero-order chi connectivity index (χ0) is 18.8. The molecule has 0 spiro atoms. The Hall–Kier alpha value is -2.56. The third-order valence-electron chi connectivity index (χ3n) is 4.47. The fourth-order valence-electron chi connectivity index (χ4n) is 2.92. The largest absolute Gasteiger partial charge is 0.370 e. The summed E-state index contributed by atoms with van der Waals surface area (Å²) >= 11 is 0. The molecule has 0 atom stereocenters. The molecule has 26 heavy (non-hydrogen) atoms. The van der Waals surface area contributed by atoms with Gasteiger partial charge < -0.3 is 15.5 Å². The molecule has 2 rings (SSSR count). The van der Waals surface area contributed by atoms with E-state index in [1.165, 1.54) is 22.4 Å². The second kappa shape index (κ2) is 10.4. The summed E-state index contributed by atoms with van der Waals surface area (Å²) in [6, 6.07) is 10.7. The Morgan fingerprint density at radius 3 is 2.65 bits per heavy atom. The van der Waals surface area contributed by atoms with E-state index in [1.807, 2.05) is 19.4 Å². The maximum absolute atomic E-state index is 4.31. The Morgan fingerprint density at radius 1 is 1.15 bits per heavy atom. The highest BCUT2D eigenvalue weighted by atomic mass is 15.2. The van der Waals surface area contributed by atoms with Gasteiger partial charge in [0.1, 0.15) is 0 Å². The summed E-state index contributed by atoms with van der Waals surface area (Å²) in [5.41, 5.74) is 5.11. The van der Waals surface area contributed by atoms with Crippen LogP contribution in [0.25, 0.3) is 0 Å². The van der Waals surface area contributed by atoms with Crippen LogP contribution < -0.4 is 15.5 Å². The number of nitrogens with one attached hydrogen (secondary N) is 2. The number of nitrogens with zero attached hydrogens (tertiary/aromatic N) is 3. The third kappa shape index (κ3) is 6.06. The lowest BCUT2D eigenvalue weighted by Crippen LogP contribution is -2.42. The number of rotatable bonds is 8. The van der Waals surface area contributed by atoms with Gasteiger partial charge in [-0.3, -0.25) is 9.98 Å². The minimum atomic E-state index is 0.843. The maximum atomic E-state index is 4.31. The second-order valence-corrected chi connectivity index (χ2v) is 6.40. The molecular formula is C21H31N5. The van der Waals surface area contributed by atoms with E-state index in [2.05, 4.69) is 76.6 Å². The topological polar surface area (TPSA) is 52.5 Å². The van der Waals surface area contributed by atoms with Crippen molar-refractivity contribution in [1.82, 2.24) is 15.6 Å². The van der Waals surface area contributed by atoms with E-state index in [0.717, 1.165) is 38.6 Å². The van der Waals surface area contributed by atoms with Crippen LogP contribution in [-0.4, -0.2) is 44.2 Å². The van der Waals surface area contributed by atoms with Crippen LogP contribution in [0.2, 0.25) is 0 Å². The van der Waals surface area contributed by atoms with E-state index in [0.29, 0.717) is 0 Å². The molecule has 0 saturated heterocycles. The van der Waals surface area contributed by atoms with Crippen molar-refractivity contribution < 1.29 is 0 Å². The van der Waals surface area contributed by atoms with Crippen molar-refractivity contribution in [1.29, 1.82) is 0 Å². The fourth-order valence-corrected chi connectivity index (χ4v) is 2.92. The van der Waals surface area contributed by atoms with Crippen LogP contribution in [0.4, 0.5) is 5.69 Å². The van der Waals surface area contributed by atoms with Crippen molar-refractivity contribution in [2.45, 2.75) is 27.2 Å². The predicted molar refractivity (Wildman–Crippen MR) is 111 cm³/mol. The van der Waals surface area contributed by atoms with Gasteiger partial charge in [-0.15, -0.1) is 0 Å². The van der Waals surface area contributed by atoms with Crippen LogP contribution in [-0.2, 0) is 6.42 Å². The standard InChI is InChI=1S/C21H31N5/c1-5-26(20-8-6-7-17(2)15-20)14-13-25-21(22-4)24-12-10-19-9-11-23-16-18(19)3/h6-9,11,15-16H,5,10,12-14H2,1-4H3,(H2,22,24,25). The highest BCUT2D eigenvalue weighted by Gasteiger charge is 2.05. The quantitative estimate of drug-likeness (QED) is 0.566. The lowest BCUT2D eigenvalue weighted by atomic mass is 10.1. The van der Waals surface area contributed by atoms with Gasteiger partial charge in [-0.1, -0.05) is 12.1 Å². The molecule has 0 amide bonds. The van der Waals surface area contributed by atoms with Crippen molar-refractivity contribution >= 4 is 11.6 Å². The maximum Gasteiger partial charge on any atom is 0.191 e. The summed E-state index contributed by atoms with van der Waals surface area (Å²) in [4.78, 5) is 10.8. The minimum absolute atomic E-state index is 0.843. The van der Waals surface area contributed by atoms with Gasteiger partial charge in [0.15, 0.2) is 5.96 Å². The molecule has 0 aliphatic heterocycles. The van der Waals surface area contributed by atoms with Gasteiger partial charge in [0.2, 0.25) is 0 Å². The monoisotopic (exact) mass is 353 g/mol. The lowest BCUT2D eigenvalue weighted by Gasteiger charge is -2.24. The molecule has 0 unspecified atom stereocenters. The number of aryl methyl sites for hydroxylation is 2. The second-order valence-electron chi connectivity index (χ2n) is 6.40. The van der Waals surface area contributed by atoms with Crippen LogP contribution >= 0.6 is 0 Å². The number of aliphatic imine (C=N–C) groups is 1. The fraction of sp³-hybridized carbons (Fsp3) is 0.429. The molecule has 1 aromatic carbocycles. The summed E-state index contributed by atoms with van der Waals surface area (Å²) in [6.45, 7) is 10.0. The van der Waals surface area contributed by atoms with E-state index in [1.54, 1.807) is 0 Å². The van der Waals surface area contributed by atoms with Crippen LogP contribution in [0, 0.1) is 13.8 Å². The van der Waals surface area contributed by atoms with Crippen molar-refractivity contribution in [2.24, 2.45) is 4.99 Å². The number of hydrogen-bond acceptors (Lipinski definition) is 3. The zero-order valence-corrected chi connectivity index (χ0v) is 16.4. The highest BCUT2D eigenvalue weighted by molar-refractivity contribution is 5.79. The minimum Gasteiger partial charge on any atom is -0.370 e. The molecule has 2 aromatic rings. The van der Waals surface area contributed by atoms with E-state index in [9.17, 15) is 0 Å². The van der Waals surface area contributed by atoms with Gasteiger partial charge in [-0.2, -0.15) is 0 Å².